The molecule has 3 heterocycles. The van der Waals surface area contributed by atoms with Crippen LogP contribution in [0.1, 0.15) is 51.5 Å². The molecule has 1 aliphatic rings. The van der Waals surface area contributed by atoms with Crippen LogP contribution in [0.2, 0.25) is 0 Å². The van der Waals surface area contributed by atoms with Gasteiger partial charge in [-0.3, -0.25) is 10.2 Å². The van der Waals surface area contributed by atoms with Gasteiger partial charge in [0.2, 0.25) is 0 Å². The molecular formula is C24H28N6OS. The Hall–Kier alpha value is -3.26. The van der Waals surface area contributed by atoms with Crippen LogP contribution >= 0.6 is 11.3 Å². The summed E-state index contributed by atoms with van der Waals surface area (Å²) in [5.41, 5.74) is 2.04. The summed E-state index contributed by atoms with van der Waals surface area (Å²) in [6.07, 6.45) is 6.50. The number of carbonyl (C=O) groups is 1. The second-order valence-electron chi connectivity index (χ2n) is 7.79. The molecule has 0 radical (unpaired) electrons. The zero-order valence-electron chi connectivity index (χ0n) is 18.2. The monoisotopic (exact) mass is 448 g/mol. The van der Waals surface area contributed by atoms with Gasteiger partial charge in [0.15, 0.2) is 5.01 Å². The average molecular weight is 449 g/mol. The molecule has 4 rings (SSSR count). The SMILES string of the molecule is CNc1nc(N2CCCCCC2)ccc1C(=N)c1cnc(C(=O)NCc2ccccc2)s1. The molecule has 1 aliphatic heterocycles. The van der Waals surface area contributed by atoms with Gasteiger partial charge < -0.3 is 15.5 Å². The van der Waals surface area contributed by atoms with Crippen molar-refractivity contribution >= 4 is 34.6 Å². The molecule has 8 heteroatoms. The minimum Gasteiger partial charge on any atom is -0.373 e. The first-order valence-corrected chi connectivity index (χ1v) is 11.8. The Labute approximate surface area is 192 Å². The number of pyridine rings is 1. The summed E-state index contributed by atoms with van der Waals surface area (Å²) in [7, 11) is 1.82. The molecule has 0 spiro atoms. The molecule has 3 N–H and O–H groups in total. The largest absolute Gasteiger partial charge is 0.373 e. The van der Waals surface area contributed by atoms with Crippen LogP contribution in [0, 0.1) is 5.41 Å². The Morgan fingerprint density at radius 2 is 1.84 bits per heavy atom. The van der Waals surface area contributed by atoms with Crippen molar-refractivity contribution in [2.24, 2.45) is 0 Å². The normalized spacial score (nSPS) is 14.0. The lowest BCUT2D eigenvalue weighted by Gasteiger charge is -2.22. The van der Waals surface area contributed by atoms with Crippen molar-refractivity contribution in [2.75, 3.05) is 30.4 Å². The summed E-state index contributed by atoms with van der Waals surface area (Å²) < 4.78 is 0. The Morgan fingerprint density at radius 3 is 2.56 bits per heavy atom. The quantitative estimate of drug-likeness (QED) is 0.469. The van der Waals surface area contributed by atoms with Gasteiger partial charge in [-0.2, -0.15) is 0 Å². The summed E-state index contributed by atoms with van der Waals surface area (Å²) in [6, 6.07) is 13.7. The van der Waals surface area contributed by atoms with Crippen LogP contribution in [0.15, 0.2) is 48.7 Å². The highest BCUT2D eigenvalue weighted by Gasteiger charge is 2.19. The molecule has 2 aromatic heterocycles. The Balaban J connectivity index is 1.47. The molecule has 0 atom stereocenters. The zero-order valence-corrected chi connectivity index (χ0v) is 19.0. The molecule has 0 unspecified atom stereocenters. The summed E-state index contributed by atoms with van der Waals surface area (Å²) in [5.74, 6) is 1.37. The van der Waals surface area contributed by atoms with Crippen LogP contribution in [-0.2, 0) is 6.54 Å². The number of anilines is 2. The molecule has 0 bridgehead atoms. The lowest BCUT2D eigenvalue weighted by atomic mass is 10.1. The van der Waals surface area contributed by atoms with E-state index in [1.807, 2.05) is 49.5 Å². The smallest absolute Gasteiger partial charge is 0.280 e. The number of aromatic nitrogens is 2. The second kappa shape index (κ2) is 10.4. The fourth-order valence-corrected chi connectivity index (χ4v) is 4.59. The van der Waals surface area contributed by atoms with E-state index >= 15 is 0 Å². The number of hydrogen-bond donors (Lipinski definition) is 3. The van der Waals surface area contributed by atoms with E-state index in [1.54, 1.807) is 6.20 Å². The minimum absolute atomic E-state index is 0.235. The lowest BCUT2D eigenvalue weighted by molar-refractivity contribution is 0.0950. The summed E-state index contributed by atoms with van der Waals surface area (Å²) in [5, 5.41) is 15.1. The predicted molar refractivity (Wildman–Crippen MR) is 130 cm³/mol. The number of nitrogens with one attached hydrogen (secondary N) is 3. The first-order valence-electron chi connectivity index (χ1n) is 11.0. The van der Waals surface area contributed by atoms with Crippen LogP contribution in [-0.4, -0.2) is 41.7 Å². The first kappa shape index (κ1) is 22.0. The van der Waals surface area contributed by atoms with E-state index in [9.17, 15) is 4.79 Å². The van der Waals surface area contributed by atoms with Gasteiger partial charge >= 0.3 is 0 Å². The van der Waals surface area contributed by atoms with Crippen molar-refractivity contribution in [1.82, 2.24) is 15.3 Å². The third-order valence-corrected chi connectivity index (χ3v) is 6.57. The first-order chi connectivity index (χ1) is 15.7. The Bertz CT molecular complexity index is 1070. The molecule has 1 aromatic carbocycles. The number of thiazole rings is 1. The van der Waals surface area contributed by atoms with E-state index in [0.29, 0.717) is 33.5 Å². The number of amides is 1. The molecule has 0 saturated carbocycles. The highest BCUT2D eigenvalue weighted by molar-refractivity contribution is 7.15. The van der Waals surface area contributed by atoms with E-state index in [4.69, 9.17) is 10.4 Å². The number of benzene rings is 1. The van der Waals surface area contributed by atoms with Gasteiger partial charge in [0.25, 0.3) is 5.91 Å². The number of rotatable bonds is 7. The zero-order chi connectivity index (χ0) is 22.3. The van der Waals surface area contributed by atoms with Crippen molar-refractivity contribution < 1.29 is 4.79 Å². The maximum absolute atomic E-state index is 12.5. The number of hydrogen-bond acceptors (Lipinski definition) is 7. The van der Waals surface area contributed by atoms with Crippen LogP contribution < -0.4 is 15.5 Å². The van der Waals surface area contributed by atoms with Crippen LogP contribution in [0.4, 0.5) is 11.6 Å². The van der Waals surface area contributed by atoms with Crippen molar-refractivity contribution in [3.8, 4) is 0 Å². The molecule has 1 fully saturated rings. The van der Waals surface area contributed by atoms with E-state index in [-0.39, 0.29) is 5.91 Å². The van der Waals surface area contributed by atoms with Crippen LogP contribution in [0.5, 0.6) is 0 Å². The van der Waals surface area contributed by atoms with E-state index < -0.39 is 0 Å². The van der Waals surface area contributed by atoms with Crippen molar-refractivity contribution in [3.05, 3.63) is 69.7 Å². The predicted octanol–water partition coefficient (Wildman–Crippen LogP) is 4.31. The van der Waals surface area contributed by atoms with Crippen molar-refractivity contribution in [2.45, 2.75) is 32.2 Å². The highest BCUT2D eigenvalue weighted by atomic mass is 32.1. The van der Waals surface area contributed by atoms with Gasteiger partial charge in [-0.1, -0.05) is 43.2 Å². The van der Waals surface area contributed by atoms with E-state index in [1.165, 1.54) is 37.0 Å². The van der Waals surface area contributed by atoms with Gasteiger partial charge in [0, 0.05) is 38.4 Å². The molecule has 3 aromatic rings. The fourth-order valence-electron chi connectivity index (χ4n) is 3.80. The fraction of sp³-hybridized carbons (Fsp3) is 0.333. The van der Waals surface area contributed by atoms with Gasteiger partial charge in [0.1, 0.15) is 11.6 Å². The van der Waals surface area contributed by atoms with Gasteiger partial charge in [-0.25, -0.2) is 9.97 Å². The average Bonchev–Trinajstić information content (AvgIpc) is 3.18. The third kappa shape index (κ3) is 5.13. The van der Waals surface area contributed by atoms with Crippen molar-refractivity contribution in [3.63, 3.8) is 0 Å². The summed E-state index contributed by atoms with van der Waals surface area (Å²) in [4.78, 5) is 24.5. The molecule has 1 amide bonds. The highest BCUT2D eigenvalue weighted by Crippen LogP contribution is 2.25. The number of carbonyl (C=O) groups excluding carboxylic acids is 1. The van der Waals surface area contributed by atoms with Crippen molar-refractivity contribution in [1.29, 1.82) is 5.41 Å². The second-order valence-corrected chi connectivity index (χ2v) is 8.82. The van der Waals surface area contributed by atoms with Gasteiger partial charge in [-0.05, 0) is 30.5 Å². The lowest BCUT2D eigenvalue weighted by Crippen LogP contribution is -2.25. The molecular weight excluding hydrogens is 420 g/mol. The molecule has 1 saturated heterocycles. The molecule has 7 nitrogen and oxygen atoms in total. The number of nitrogens with zero attached hydrogens (tertiary/aromatic N) is 3. The molecule has 166 valence electrons. The van der Waals surface area contributed by atoms with E-state index in [0.717, 1.165) is 24.5 Å². The third-order valence-electron chi connectivity index (χ3n) is 5.56. The van der Waals surface area contributed by atoms with Gasteiger partial charge in [-0.15, -0.1) is 11.3 Å². The maximum Gasteiger partial charge on any atom is 0.280 e. The topological polar surface area (TPSA) is 94.0 Å². The molecule has 0 aliphatic carbocycles. The van der Waals surface area contributed by atoms with Crippen LogP contribution in [0.25, 0.3) is 0 Å². The van der Waals surface area contributed by atoms with Gasteiger partial charge in [0.05, 0.1) is 10.6 Å². The van der Waals surface area contributed by atoms with E-state index in [2.05, 4.69) is 20.5 Å². The molecule has 32 heavy (non-hydrogen) atoms. The Morgan fingerprint density at radius 1 is 1.09 bits per heavy atom. The maximum atomic E-state index is 12.5. The van der Waals surface area contributed by atoms with Crippen LogP contribution in [0.3, 0.4) is 0 Å². The summed E-state index contributed by atoms with van der Waals surface area (Å²) >= 11 is 1.22. The summed E-state index contributed by atoms with van der Waals surface area (Å²) in [6.45, 7) is 2.48. The Kier molecular flexibility index (Phi) is 7.11. The minimum atomic E-state index is -0.235. The standard InChI is InChI=1S/C24H28N6OS/c1-26-22-18(11-12-20(29-22)30-13-7-2-3-8-14-30)21(25)19-16-28-24(32-19)23(31)27-15-17-9-5-4-6-10-17/h4-6,9-12,16,25H,2-3,7-8,13-15H2,1H3,(H,26,29)(H,27,31).